The lowest BCUT2D eigenvalue weighted by atomic mass is 10.2. The van der Waals surface area contributed by atoms with Gasteiger partial charge in [-0.05, 0) is 62.2 Å². The maximum Gasteiger partial charge on any atom is 0.246 e. The zero-order valence-electron chi connectivity index (χ0n) is 13.9. The third-order valence-corrected chi connectivity index (χ3v) is 4.46. The van der Waals surface area contributed by atoms with Gasteiger partial charge in [0.15, 0.2) is 0 Å². The van der Waals surface area contributed by atoms with Gasteiger partial charge in [-0.3, -0.25) is 9.59 Å². The van der Waals surface area contributed by atoms with Crippen LogP contribution in [-0.2, 0) is 9.59 Å². The molecule has 0 bridgehead atoms. The van der Waals surface area contributed by atoms with Crippen LogP contribution in [0.25, 0.3) is 0 Å². The van der Waals surface area contributed by atoms with Gasteiger partial charge in [-0.15, -0.1) is 0 Å². The molecule has 1 aliphatic carbocycles. The Bertz CT molecular complexity index is 772. The van der Waals surface area contributed by atoms with E-state index in [1.165, 1.54) is 0 Å². The summed E-state index contributed by atoms with van der Waals surface area (Å²) >= 11 is 3.38. The van der Waals surface area contributed by atoms with Gasteiger partial charge in [-0.2, -0.15) is 0 Å². The van der Waals surface area contributed by atoms with Crippen LogP contribution in [0.1, 0.15) is 19.8 Å². The number of amides is 2. The van der Waals surface area contributed by atoms with Gasteiger partial charge >= 0.3 is 0 Å². The molecule has 3 N–H and O–H groups in total. The zero-order chi connectivity index (χ0) is 17.8. The van der Waals surface area contributed by atoms with E-state index in [9.17, 15) is 9.59 Å². The first-order valence-electron chi connectivity index (χ1n) is 8.25. The second kappa shape index (κ2) is 7.70. The molecule has 0 unspecified atom stereocenters. The number of carbonyl (C=O) groups excluding carboxylic acids is 2. The van der Waals surface area contributed by atoms with Crippen molar-refractivity contribution in [1.82, 2.24) is 0 Å². The van der Waals surface area contributed by atoms with Crippen LogP contribution in [0.5, 0.6) is 0 Å². The minimum Gasteiger partial charge on any atom is -0.374 e. The topological polar surface area (TPSA) is 70.2 Å². The van der Waals surface area contributed by atoms with E-state index < -0.39 is 6.04 Å². The number of anilines is 3. The molecule has 5 nitrogen and oxygen atoms in total. The Morgan fingerprint density at radius 2 is 1.68 bits per heavy atom. The molecule has 2 aromatic rings. The number of benzene rings is 2. The molecule has 0 aliphatic heterocycles. The van der Waals surface area contributed by atoms with Crippen LogP contribution in [-0.4, -0.2) is 17.9 Å². The van der Waals surface area contributed by atoms with Crippen molar-refractivity contribution in [2.45, 2.75) is 25.8 Å². The summed E-state index contributed by atoms with van der Waals surface area (Å²) in [6, 6.07) is 14.4. The molecule has 3 rings (SSSR count). The van der Waals surface area contributed by atoms with Crippen LogP contribution in [0.2, 0.25) is 0 Å². The molecule has 1 aliphatic rings. The van der Waals surface area contributed by atoms with Gasteiger partial charge in [0.1, 0.15) is 6.04 Å². The number of hydrogen-bond donors (Lipinski definition) is 3. The molecule has 0 spiro atoms. The molecule has 0 saturated heterocycles. The molecule has 130 valence electrons. The van der Waals surface area contributed by atoms with E-state index in [0.717, 1.165) is 34.4 Å². The maximum atomic E-state index is 12.3. The van der Waals surface area contributed by atoms with Gasteiger partial charge in [-0.25, -0.2) is 0 Å². The highest BCUT2D eigenvalue weighted by Crippen LogP contribution is 2.30. The van der Waals surface area contributed by atoms with Gasteiger partial charge in [0.25, 0.3) is 0 Å². The summed E-state index contributed by atoms with van der Waals surface area (Å²) in [5, 5.41) is 8.92. The zero-order valence-corrected chi connectivity index (χ0v) is 15.5. The minimum atomic E-state index is -0.397. The monoisotopic (exact) mass is 401 g/mol. The highest BCUT2D eigenvalue weighted by atomic mass is 79.9. The van der Waals surface area contributed by atoms with Crippen molar-refractivity contribution >= 4 is 44.8 Å². The highest BCUT2D eigenvalue weighted by Gasteiger charge is 2.29. The van der Waals surface area contributed by atoms with Crippen LogP contribution in [0.3, 0.4) is 0 Å². The van der Waals surface area contributed by atoms with E-state index in [-0.39, 0.29) is 17.7 Å². The Morgan fingerprint density at radius 1 is 1.00 bits per heavy atom. The molecule has 6 heteroatoms. The van der Waals surface area contributed by atoms with Crippen LogP contribution in [0, 0.1) is 5.92 Å². The predicted octanol–water partition coefficient (Wildman–Crippen LogP) is 4.24. The molecule has 1 atom stereocenters. The predicted molar refractivity (Wildman–Crippen MR) is 104 cm³/mol. The molecule has 2 amide bonds. The summed E-state index contributed by atoms with van der Waals surface area (Å²) in [6.07, 6.45) is 1.96. The van der Waals surface area contributed by atoms with Crippen molar-refractivity contribution in [2.24, 2.45) is 5.92 Å². The lowest BCUT2D eigenvalue weighted by Gasteiger charge is -2.16. The largest absolute Gasteiger partial charge is 0.374 e. The first-order valence-corrected chi connectivity index (χ1v) is 9.04. The van der Waals surface area contributed by atoms with Crippen molar-refractivity contribution in [3.05, 3.63) is 53.0 Å². The molecule has 0 aromatic heterocycles. The standard InChI is InChI=1S/C19H20BrN3O2/c1-12(18(24)23-17-4-2-3-14(20)11-17)21-15-7-9-16(10-8-15)22-19(25)13-5-6-13/h2-4,7-13,21H,5-6H2,1H3,(H,22,25)(H,23,24)/t12-/m1/s1. The quantitative estimate of drug-likeness (QED) is 0.677. The Balaban J connectivity index is 1.53. The second-order valence-electron chi connectivity index (χ2n) is 6.21. The van der Waals surface area contributed by atoms with E-state index in [0.29, 0.717) is 0 Å². The van der Waals surface area contributed by atoms with Gasteiger partial charge in [0.05, 0.1) is 0 Å². The fraction of sp³-hybridized carbons (Fsp3) is 0.263. The SMILES string of the molecule is C[C@@H](Nc1ccc(NC(=O)C2CC2)cc1)C(=O)Nc1cccc(Br)c1. The first kappa shape index (κ1) is 17.5. The van der Waals surface area contributed by atoms with Crippen molar-refractivity contribution in [2.75, 3.05) is 16.0 Å². The third-order valence-electron chi connectivity index (χ3n) is 3.97. The maximum absolute atomic E-state index is 12.3. The molecule has 2 aromatic carbocycles. The average molecular weight is 402 g/mol. The van der Waals surface area contributed by atoms with E-state index in [1.54, 1.807) is 6.92 Å². The molecule has 0 radical (unpaired) electrons. The Kier molecular flexibility index (Phi) is 5.38. The van der Waals surface area contributed by atoms with Crippen LogP contribution >= 0.6 is 15.9 Å². The summed E-state index contributed by atoms with van der Waals surface area (Å²) in [4.78, 5) is 24.0. The van der Waals surface area contributed by atoms with Gasteiger partial charge in [-0.1, -0.05) is 22.0 Å². The normalized spacial score (nSPS) is 14.5. The summed E-state index contributed by atoms with van der Waals surface area (Å²) in [5.41, 5.74) is 2.33. The van der Waals surface area contributed by atoms with Crippen molar-refractivity contribution in [1.29, 1.82) is 0 Å². The van der Waals surface area contributed by atoms with Crippen LogP contribution in [0.4, 0.5) is 17.1 Å². The van der Waals surface area contributed by atoms with E-state index in [2.05, 4.69) is 31.9 Å². The Labute approximate surface area is 155 Å². The summed E-state index contributed by atoms with van der Waals surface area (Å²) in [6.45, 7) is 1.80. The van der Waals surface area contributed by atoms with Gasteiger partial charge in [0, 0.05) is 27.5 Å². The summed E-state index contributed by atoms with van der Waals surface area (Å²) in [5.74, 6) is 0.145. The van der Waals surface area contributed by atoms with Crippen molar-refractivity contribution in [3.8, 4) is 0 Å². The van der Waals surface area contributed by atoms with Crippen molar-refractivity contribution in [3.63, 3.8) is 0 Å². The third kappa shape index (κ3) is 5.06. The minimum absolute atomic E-state index is 0.0856. The number of carbonyl (C=O) groups is 2. The Hall–Kier alpha value is -2.34. The molecule has 1 fully saturated rings. The molecule has 0 heterocycles. The first-order chi connectivity index (χ1) is 12.0. The number of hydrogen-bond acceptors (Lipinski definition) is 3. The lowest BCUT2D eigenvalue weighted by Crippen LogP contribution is -2.31. The second-order valence-corrected chi connectivity index (χ2v) is 7.12. The van der Waals surface area contributed by atoms with Crippen LogP contribution < -0.4 is 16.0 Å². The fourth-order valence-electron chi connectivity index (χ4n) is 2.37. The van der Waals surface area contributed by atoms with Crippen LogP contribution in [0.15, 0.2) is 53.0 Å². The molecular weight excluding hydrogens is 382 g/mol. The highest BCUT2D eigenvalue weighted by molar-refractivity contribution is 9.10. The van der Waals surface area contributed by atoms with E-state index in [1.807, 2.05) is 48.5 Å². The van der Waals surface area contributed by atoms with Crippen molar-refractivity contribution < 1.29 is 9.59 Å². The molecule has 25 heavy (non-hydrogen) atoms. The van der Waals surface area contributed by atoms with Gasteiger partial charge in [0.2, 0.25) is 11.8 Å². The van der Waals surface area contributed by atoms with E-state index in [4.69, 9.17) is 0 Å². The molecule has 1 saturated carbocycles. The summed E-state index contributed by atoms with van der Waals surface area (Å²) < 4.78 is 0.912. The Morgan fingerprint density at radius 3 is 2.32 bits per heavy atom. The van der Waals surface area contributed by atoms with E-state index >= 15 is 0 Å². The number of rotatable bonds is 6. The molecular formula is C19H20BrN3O2. The van der Waals surface area contributed by atoms with Gasteiger partial charge < -0.3 is 16.0 Å². The number of nitrogens with one attached hydrogen (secondary N) is 3. The smallest absolute Gasteiger partial charge is 0.246 e. The summed E-state index contributed by atoms with van der Waals surface area (Å²) in [7, 11) is 0. The average Bonchev–Trinajstić information content (AvgIpc) is 3.41. The fourth-order valence-corrected chi connectivity index (χ4v) is 2.77. The number of halogens is 1. The lowest BCUT2D eigenvalue weighted by molar-refractivity contribution is -0.117.